The Kier molecular flexibility index (Phi) is 1.33. The number of para-hydroxylation sites is 1. The number of aromatic nitrogens is 3. The van der Waals surface area contributed by atoms with Crippen LogP contribution in [0.2, 0.25) is 0 Å². The Morgan fingerprint density at radius 2 is 2.33 bits per heavy atom. The quantitative estimate of drug-likeness (QED) is 0.642. The highest BCUT2D eigenvalue weighted by Gasteiger charge is 2.04. The van der Waals surface area contributed by atoms with Crippen molar-refractivity contribution in [3.8, 4) is 0 Å². The Hall–Kier alpha value is -1.38. The van der Waals surface area contributed by atoms with Crippen LogP contribution in [0.4, 0.5) is 0 Å². The zero-order chi connectivity index (χ0) is 9.42. The number of hydrogen-bond donors (Lipinski definition) is 0. The molecule has 0 aliphatic heterocycles. The van der Waals surface area contributed by atoms with Crippen LogP contribution in [0.5, 0.6) is 0 Å². The van der Waals surface area contributed by atoms with Gasteiger partial charge in [0.1, 0.15) is 5.52 Å². The molecule has 12 heavy (non-hydrogen) atoms. The van der Waals surface area contributed by atoms with Crippen molar-refractivity contribution in [2.75, 3.05) is 0 Å². The van der Waals surface area contributed by atoms with Gasteiger partial charge in [0.15, 0.2) is 0 Å². The van der Waals surface area contributed by atoms with Crippen molar-refractivity contribution < 1.29 is 1.37 Å². The van der Waals surface area contributed by atoms with E-state index in [2.05, 4.69) is 24.2 Å². The summed E-state index contributed by atoms with van der Waals surface area (Å²) < 4.78 is 9.27. The maximum atomic E-state index is 7.42. The van der Waals surface area contributed by atoms with E-state index in [1.807, 2.05) is 10.7 Å². The fourth-order valence-corrected chi connectivity index (χ4v) is 1.21. The molecule has 1 aromatic heterocycles. The molecule has 1 heterocycles. The van der Waals surface area contributed by atoms with Gasteiger partial charge >= 0.3 is 0 Å². The van der Waals surface area contributed by atoms with Gasteiger partial charge in [-0.05, 0) is 26.0 Å². The standard InChI is InChI=1S/C9H11N3/c1-7(2)12-9-6-4-3-5-8(9)10-11-12/h3-7H,1-2H3/i3D. The van der Waals surface area contributed by atoms with Crippen molar-refractivity contribution in [3.63, 3.8) is 0 Å². The molecule has 0 unspecified atom stereocenters. The first-order valence-electron chi connectivity index (χ1n) is 4.50. The van der Waals surface area contributed by atoms with Crippen molar-refractivity contribution in [3.05, 3.63) is 24.2 Å². The van der Waals surface area contributed by atoms with E-state index < -0.39 is 0 Å². The van der Waals surface area contributed by atoms with Crippen LogP contribution in [0.1, 0.15) is 21.3 Å². The third kappa shape index (κ3) is 0.978. The summed E-state index contributed by atoms with van der Waals surface area (Å²) in [5, 5.41) is 8.01. The van der Waals surface area contributed by atoms with Gasteiger partial charge in [-0.1, -0.05) is 17.3 Å². The molecule has 62 valence electrons. The molecule has 0 radical (unpaired) electrons. The third-order valence-electron chi connectivity index (χ3n) is 1.80. The molecule has 0 saturated carbocycles. The van der Waals surface area contributed by atoms with Gasteiger partial charge in [0, 0.05) is 6.04 Å². The highest BCUT2D eigenvalue weighted by molar-refractivity contribution is 5.73. The van der Waals surface area contributed by atoms with Crippen LogP contribution in [-0.2, 0) is 0 Å². The average molecular weight is 162 g/mol. The van der Waals surface area contributed by atoms with E-state index in [-0.39, 0.29) is 0 Å². The van der Waals surface area contributed by atoms with Crippen LogP contribution in [0, 0.1) is 0 Å². The maximum Gasteiger partial charge on any atom is 0.113 e. The van der Waals surface area contributed by atoms with Crippen LogP contribution in [-0.4, -0.2) is 15.0 Å². The van der Waals surface area contributed by atoms with Crippen LogP contribution in [0.15, 0.2) is 24.2 Å². The minimum absolute atomic E-state index is 0.307. The lowest BCUT2D eigenvalue weighted by Crippen LogP contribution is -2.02. The van der Waals surface area contributed by atoms with E-state index in [1.54, 1.807) is 12.1 Å². The normalized spacial score (nSPS) is 12.4. The minimum atomic E-state index is 0.307. The van der Waals surface area contributed by atoms with Crippen molar-refractivity contribution in [1.82, 2.24) is 15.0 Å². The zero-order valence-corrected chi connectivity index (χ0v) is 7.15. The number of nitrogens with zero attached hydrogens (tertiary/aromatic N) is 3. The predicted octanol–water partition coefficient (Wildman–Crippen LogP) is 2.01. The van der Waals surface area contributed by atoms with Gasteiger partial charge in [-0.2, -0.15) is 0 Å². The van der Waals surface area contributed by atoms with Crippen LogP contribution >= 0.6 is 0 Å². The van der Waals surface area contributed by atoms with Crippen LogP contribution in [0.25, 0.3) is 11.0 Å². The Morgan fingerprint density at radius 1 is 1.50 bits per heavy atom. The van der Waals surface area contributed by atoms with Crippen molar-refractivity contribution in [1.29, 1.82) is 0 Å². The molecule has 0 saturated heterocycles. The molecular weight excluding hydrogens is 150 g/mol. The smallest absolute Gasteiger partial charge is 0.113 e. The Bertz CT molecular complexity index is 433. The van der Waals surface area contributed by atoms with Gasteiger partial charge in [-0.3, -0.25) is 0 Å². The zero-order valence-electron chi connectivity index (χ0n) is 8.15. The summed E-state index contributed by atoms with van der Waals surface area (Å²) in [5.41, 5.74) is 1.78. The van der Waals surface area contributed by atoms with E-state index >= 15 is 0 Å². The summed E-state index contributed by atoms with van der Waals surface area (Å²) in [4.78, 5) is 0. The SMILES string of the molecule is [2H]c1ccc2c(c1)nnn2C(C)C. The first kappa shape index (κ1) is 6.17. The molecule has 0 spiro atoms. The molecular formula is C9H11N3. The van der Waals surface area contributed by atoms with Crippen LogP contribution < -0.4 is 0 Å². The van der Waals surface area contributed by atoms with E-state index in [0.717, 1.165) is 11.0 Å². The summed E-state index contributed by atoms with van der Waals surface area (Å²) in [6.07, 6.45) is 0. The largest absolute Gasteiger partial charge is 0.242 e. The molecule has 1 aromatic carbocycles. The highest BCUT2D eigenvalue weighted by Crippen LogP contribution is 2.13. The van der Waals surface area contributed by atoms with Gasteiger partial charge in [-0.25, -0.2) is 4.68 Å². The van der Waals surface area contributed by atoms with Crippen LogP contribution in [0.3, 0.4) is 0 Å². The number of hydrogen-bond acceptors (Lipinski definition) is 2. The molecule has 2 rings (SSSR count). The molecule has 0 amide bonds. The first-order chi connectivity index (χ1) is 6.18. The summed E-state index contributed by atoms with van der Waals surface area (Å²) in [6.45, 7) is 4.12. The van der Waals surface area contributed by atoms with Gasteiger partial charge in [0.05, 0.1) is 6.89 Å². The van der Waals surface area contributed by atoms with Gasteiger partial charge in [-0.15, -0.1) is 5.10 Å². The molecule has 0 atom stereocenters. The number of rotatable bonds is 1. The van der Waals surface area contributed by atoms with Crippen molar-refractivity contribution >= 4 is 11.0 Å². The third-order valence-corrected chi connectivity index (χ3v) is 1.80. The second kappa shape index (κ2) is 2.59. The van der Waals surface area contributed by atoms with Crippen molar-refractivity contribution in [2.24, 2.45) is 0 Å². The second-order valence-corrected chi connectivity index (χ2v) is 3.04. The molecule has 0 aliphatic carbocycles. The monoisotopic (exact) mass is 162 g/mol. The van der Waals surface area contributed by atoms with Gasteiger partial charge in [0.25, 0.3) is 0 Å². The lowest BCUT2D eigenvalue weighted by atomic mass is 10.3. The fraction of sp³-hybridized carbons (Fsp3) is 0.333. The summed E-state index contributed by atoms with van der Waals surface area (Å²) in [7, 11) is 0. The predicted molar refractivity (Wildman–Crippen MR) is 47.9 cm³/mol. The van der Waals surface area contributed by atoms with Gasteiger partial charge < -0.3 is 0 Å². The maximum absolute atomic E-state index is 7.42. The van der Waals surface area contributed by atoms with E-state index in [9.17, 15) is 0 Å². The molecule has 3 heteroatoms. The lowest BCUT2D eigenvalue weighted by Gasteiger charge is -2.03. The highest BCUT2D eigenvalue weighted by atomic mass is 15.4. The van der Waals surface area contributed by atoms with Crippen molar-refractivity contribution in [2.45, 2.75) is 19.9 Å². The lowest BCUT2D eigenvalue weighted by molar-refractivity contribution is 0.530. The molecule has 0 aliphatic rings. The summed E-state index contributed by atoms with van der Waals surface area (Å²) in [5.74, 6) is 0. The molecule has 0 N–H and O–H groups in total. The Labute approximate surface area is 72.4 Å². The number of benzene rings is 1. The Balaban J connectivity index is 2.69. The molecule has 0 fully saturated rings. The topological polar surface area (TPSA) is 30.7 Å². The fourth-order valence-electron chi connectivity index (χ4n) is 1.21. The molecule has 0 bridgehead atoms. The van der Waals surface area contributed by atoms with E-state index in [0.29, 0.717) is 12.1 Å². The summed E-state index contributed by atoms with van der Waals surface area (Å²) >= 11 is 0. The van der Waals surface area contributed by atoms with Gasteiger partial charge in [0.2, 0.25) is 0 Å². The summed E-state index contributed by atoms with van der Waals surface area (Å²) in [6, 6.07) is 6.15. The van der Waals surface area contributed by atoms with E-state index in [4.69, 9.17) is 1.37 Å². The molecule has 2 aromatic rings. The second-order valence-electron chi connectivity index (χ2n) is 3.04. The number of fused-ring (bicyclic) bond motifs is 1. The first-order valence-corrected chi connectivity index (χ1v) is 4.00. The van der Waals surface area contributed by atoms with E-state index in [1.165, 1.54) is 0 Å². The minimum Gasteiger partial charge on any atom is -0.242 e. The average Bonchev–Trinajstić information content (AvgIpc) is 2.46. The Morgan fingerprint density at radius 3 is 3.08 bits per heavy atom. The molecule has 3 nitrogen and oxygen atoms in total.